The van der Waals surface area contributed by atoms with Crippen LogP contribution in [0.2, 0.25) is 0 Å². The van der Waals surface area contributed by atoms with Gasteiger partial charge in [0.05, 0.1) is 18.7 Å². The Kier molecular flexibility index (Phi) is 7.15. The number of aliphatic hydroxyl groups excluding tert-OH is 1. The fourth-order valence-electron chi connectivity index (χ4n) is 3.74. The van der Waals surface area contributed by atoms with Gasteiger partial charge in [0.2, 0.25) is 5.91 Å². The molecule has 1 aliphatic rings. The largest absolute Gasteiger partial charge is 0.489 e. The van der Waals surface area contributed by atoms with Gasteiger partial charge >= 0.3 is 0 Å². The van der Waals surface area contributed by atoms with Crippen LogP contribution < -0.4 is 19.9 Å². The van der Waals surface area contributed by atoms with Crippen LogP contribution in [0.5, 0.6) is 5.75 Å². The van der Waals surface area contributed by atoms with Crippen molar-refractivity contribution in [3.63, 3.8) is 0 Å². The van der Waals surface area contributed by atoms with Crippen molar-refractivity contribution in [3.8, 4) is 5.75 Å². The van der Waals surface area contributed by atoms with Crippen LogP contribution in [0.4, 0.5) is 11.6 Å². The SMILES string of the molecule is CC(=O)N[C@@H](C)c1ccc(O[C@@H]2CCN(c3cccc(N(C)CC(C)O)n3)C2)cc1. The highest BCUT2D eigenvalue weighted by Gasteiger charge is 2.25. The summed E-state index contributed by atoms with van der Waals surface area (Å²) in [5.74, 6) is 2.57. The molecular formula is C23H32N4O3. The topological polar surface area (TPSA) is 77.9 Å². The van der Waals surface area contributed by atoms with Gasteiger partial charge < -0.3 is 25.0 Å². The second-order valence-corrected chi connectivity index (χ2v) is 8.05. The van der Waals surface area contributed by atoms with E-state index < -0.39 is 6.10 Å². The number of carbonyl (C=O) groups excluding carboxylic acids is 1. The lowest BCUT2D eigenvalue weighted by molar-refractivity contribution is -0.119. The molecule has 1 aliphatic heterocycles. The van der Waals surface area contributed by atoms with Crippen molar-refractivity contribution in [2.24, 2.45) is 0 Å². The van der Waals surface area contributed by atoms with Gasteiger partial charge in [0.25, 0.3) is 0 Å². The Morgan fingerprint density at radius 2 is 2.03 bits per heavy atom. The molecule has 0 radical (unpaired) electrons. The van der Waals surface area contributed by atoms with Crippen LogP contribution in [0.15, 0.2) is 42.5 Å². The van der Waals surface area contributed by atoms with Gasteiger partial charge in [-0.2, -0.15) is 0 Å². The number of carbonyl (C=O) groups is 1. The number of aliphatic hydroxyl groups is 1. The number of likely N-dealkylation sites (N-methyl/N-ethyl adjacent to an activating group) is 1. The van der Waals surface area contributed by atoms with Crippen LogP contribution in [0.3, 0.4) is 0 Å². The molecular weight excluding hydrogens is 380 g/mol. The maximum atomic E-state index is 11.2. The van der Waals surface area contributed by atoms with Crippen molar-refractivity contribution in [2.45, 2.75) is 45.4 Å². The highest BCUT2D eigenvalue weighted by molar-refractivity contribution is 5.73. The number of aromatic nitrogens is 1. The molecule has 30 heavy (non-hydrogen) atoms. The summed E-state index contributed by atoms with van der Waals surface area (Å²) in [6, 6.07) is 13.8. The highest BCUT2D eigenvalue weighted by atomic mass is 16.5. The normalized spacial score (nSPS) is 18.0. The molecule has 3 atom stereocenters. The Labute approximate surface area is 178 Å². The number of anilines is 2. The van der Waals surface area contributed by atoms with Gasteiger partial charge in [0.15, 0.2) is 0 Å². The van der Waals surface area contributed by atoms with Crippen LogP contribution in [0.1, 0.15) is 38.8 Å². The minimum absolute atomic E-state index is 0.0242. The van der Waals surface area contributed by atoms with Crippen LogP contribution in [-0.2, 0) is 4.79 Å². The molecule has 0 bridgehead atoms. The Bertz CT molecular complexity index is 841. The van der Waals surface area contributed by atoms with E-state index in [4.69, 9.17) is 9.72 Å². The van der Waals surface area contributed by atoms with E-state index in [2.05, 4.69) is 10.2 Å². The van der Waals surface area contributed by atoms with Gasteiger partial charge in [-0.15, -0.1) is 0 Å². The van der Waals surface area contributed by atoms with Crippen LogP contribution in [-0.4, -0.2) is 54.9 Å². The zero-order valence-corrected chi connectivity index (χ0v) is 18.2. The molecule has 7 nitrogen and oxygen atoms in total. The number of benzene rings is 1. The Morgan fingerprint density at radius 3 is 2.70 bits per heavy atom. The van der Waals surface area contributed by atoms with Gasteiger partial charge in [-0.3, -0.25) is 4.79 Å². The molecule has 1 saturated heterocycles. The Balaban J connectivity index is 1.57. The van der Waals surface area contributed by atoms with Crippen molar-refractivity contribution in [1.29, 1.82) is 0 Å². The summed E-state index contributed by atoms with van der Waals surface area (Å²) < 4.78 is 6.17. The number of hydrogen-bond donors (Lipinski definition) is 2. The Morgan fingerprint density at radius 1 is 1.30 bits per heavy atom. The summed E-state index contributed by atoms with van der Waals surface area (Å²) in [6.07, 6.45) is 0.626. The second-order valence-electron chi connectivity index (χ2n) is 8.05. The average Bonchev–Trinajstić information content (AvgIpc) is 3.16. The highest BCUT2D eigenvalue weighted by Crippen LogP contribution is 2.25. The monoisotopic (exact) mass is 412 g/mol. The maximum absolute atomic E-state index is 11.2. The molecule has 3 rings (SSSR count). The van der Waals surface area contributed by atoms with Gasteiger partial charge in [-0.1, -0.05) is 18.2 Å². The standard InChI is InChI=1S/C23H32N4O3/c1-16(28)14-26(4)22-6-5-7-23(25-22)27-13-12-21(15-27)30-20-10-8-19(9-11-20)17(2)24-18(3)29/h5-11,16-17,21,28H,12-15H2,1-4H3,(H,24,29)/t16?,17-,21+/m0/s1. The second kappa shape index (κ2) is 9.80. The summed E-state index contributed by atoms with van der Waals surface area (Å²) in [6.45, 7) is 7.47. The first-order chi connectivity index (χ1) is 14.3. The summed E-state index contributed by atoms with van der Waals surface area (Å²) >= 11 is 0. The lowest BCUT2D eigenvalue weighted by atomic mass is 10.1. The van der Waals surface area contributed by atoms with Crippen LogP contribution in [0.25, 0.3) is 0 Å². The fourth-order valence-corrected chi connectivity index (χ4v) is 3.74. The van der Waals surface area contributed by atoms with Gasteiger partial charge in [0.1, 0.15) is 23.5 Å². The third-order valence-corrected chi connectivity index (χ3v) is 5.22. The molecule has 7 heteroatoms. The number of amides is 1. The number of hydrogen-bond acceptors (Lipinski definition) is 6. The molecule has 2 aromatic rings. The summed E-state index contributed by atoms with van der Waals surface area (Å²) in [5, 5.41) is 12.5. The predicted octanol–water partition coefficient (Wildman–Crippen LogP) is 2.75. The van der Waals surface area contributed by atoms with Gasteiger partial charge in [-0.05, 0) is 43.7 Å². The summed E-state index contributed by atoms with van der Waals surface area (Å²) in [7, 11) is 1.94. The van der Waals surface area contributed by atoms with Crippen molar-refractivity contribution < 1.29 is 14.6 Å². The number of nitrogens with zero attached hydrogens (tertiary/aromatic N) is 3. The summed E-state index contributed by atoms with van der Waals surface area (Å²) in [4.78, 5) is 20.2. The third-order valence-electron chi connectivity index (χ3n) is 5.22. The first-order valence-corrected chi connectivity index (χ1v) is 10.5. The number of ether oxygens (including phenoxy) is 1. The minimum atomic E-state index is -0.405. The van der Waals surface area contributed by atoms with Crippen molar-refractivity contribution >= 4 is 17.5 Å². The van der Waals surface area contributed by atoms with Gasteiger partial charge in [-0.25, -0.2) is 4.98 Å². The molecule has 2 heterocycles. The summed E-state index contributed by atoms with van der Waals surface area (Å²) in [5.41, 5.74) is 1.05. The fraction of sp³-hybridized carbons (Fsp3) is 0.478. The van der Waals surface area contributed by atoms with E-state index in [0.29, 0.717) is 6.54 Å². The molecule has 0 spiro atoms. The zero-order valence-electron chi connectivity index (χ0n) is 18.2. The van der Waals surface area contributed by atoms with E-state index >= 15 is 0 Å². The molecule has 1 aromatic carbocycles. The quantitative estimate of drug-likeness (QED) is 0.694. The smallest absolute Gasteiger partial charge is 0.217 e. The van der Waals surface area contributed by atoms with Gasteiger partial charge in [0, 0.05) is 33.5 Å². The molecule has 1 amide bonds. The zero-order chi connectivity index (χ0) is 21.7. The van der Waals surface area contributed by atoms with Crippen LogP contribution >= 0.6 is 0 Å². The van der Waals surface area contributed by atoms with E-state index in [-0.39, 0.29) is 18.1 Å². The van der Waals surface area contributed by atoms with E-state index in [1.165, 1.54) is 6.92 Å². The predicted molar refractivity (Wildman–Crippen MR) is 119 cm³/mol. The maximum Gasteiger partial charge on any atom is 0.217 e. The molecule has 1 fully saturated rings. The first-order valence-electron chi connectivity index (χ1n) is 10.5. The Hall–Kier alpha value is -2.80. The lowest BCUT2D eigenvalue weighted by Crippen LogP contribution is -2.29. The van der Waals surface area contributed by atoms with E-state index in [1.54, 1.807) is 6.92 Å². The lowest BCUT2D eigenvalue weighted by Gasteiger charge is -2.23. The van der Waals surface area contributed by atoms with Crippen LogP contribution in [0, 0.1) is 0 Å². The first kappa shape index (κ1) is 21.9. The molecule has 1 unspecified atom stereocenters. The molecule has 1 aromatic heterocycles. The van der Waals surface area contributed by atoms with E-state index in [0.717, 1.165) is 42.5 Å². The number of pyridine rings is 1. The van der Waals surface area contributed by atoms with Crippen molar-refractivity contribution in [1.82, 2.24) is 10.3 Å². The number of nitrogens with one attached hydrogen (secondary N) is 1. The molecule has 162 valence electrons. The van der Waals surface area contributed by atoms with E-state index in [9.17, 15) is 9.90 Å². The molecule has 2 N–H and O–H groups in total. The third kappa shape index (κ3) is 5.86. The van der Waals surface area contributed by atoms with Crippen molar-refractivity contribution in [2.75, 3.05) is 36.5 Å². The van der Waals surface area contributed by atoms with Crippen molar-refractivity contribution in [3.05, 3.63) is 48.0 Å². The number of rotatable bonds is 8. The average molecular weight is 413 g/mol. The minimum Gasteiger partial charge on any atom is -0.489 e. The van der Waals surface area contributed by atoms with E-state index in [1.807, 2.05) is 61.3 Å². The molecule has 0 saturated carbocycles. The molecule has 0 aliphatic carbocycles.